The molecule has 4 rings (SSSR count). The zero-order valence-corrected chi connectivity index (χ0v) is 20.9. The average molecular weight is 481 g/mol. The summed E-state index contributed by atoms with van der Waals surface area (Å²) in [6.45, 7) is 7.07. The molecule has 2 heterocycles. The van der Waals surface area contributed by atoms with Gasteiger partial charge in [-0.25, -0.2) is 0 Å². The number of aliphatic hydroxyl groups excluding tert-OH is 2. The lowest BCUT2D eigenvalue weighted by Gasteiger charge is -2.17. The predicted molar refractivity (Wildman–Crippen MR) is 134 cm³/mol. The Balaban J connectivity index is 1.52. The van der Waals surface area contributed by atoms with Gasteiger partial charge in [0.2, 0.25) is 5.82 Å². The Labute approximate surface area is 206 Å². The number of aromatic nitrogens is 3. The molecule has 0 unspecified atom stereocenters. The maximum absolute atomic E-state index is 10.1. The van der Waals surface area contributed by atoms with Crippen molar-refractivity contribution >= 4 is 0 Å². The Bertz CT molecular complexity index is 1120. The molecule has 8 heteroatoms. The molecule has 8 nitrogen and oxygen atoms in total. The van der Waals surface area contributed by atoms with Gasteiger partial charge in [0.1, 0.15) is 18.5 Å². The van der Waals surface area contributed by atoms with E-state index in [1.54, 1.807) is 0 Å². The molecule has 1 aromatic carbocycles. The van der Waals surface area contributed by atoms with Crippen LogP contribution in [0.4, 0.5) is 0 Å². The maximum Gasteiger partial charge on any atom is 0.258 e. The van der Waals surface area contributed by atoms with Crippen molar-refractivity contribution in [2.75, 3.05) is 26.3 Å². The third kappa shape index (κ3) is 6.25. The van der Waals surface area contributed by atoms with Crippen molar-refractivity contribution in [3.8, 4) is 28.6 Å². The van der Waals surface area contributed by atoms with Crippen molar-refractivity contribution in [3.05, 3.63) is 46.8 Å². The molecule has 0 aliphatic heterocycles. The van der Waals surface area contributed by atoms with E-state index in [9.17, 15) is 5.11 Å². The van der Waals surface area contributed by atoms with E-state index >= 15 is 0 Å². The molecular formula is C27H36N4O4. The first-order valence-electron chi connectivity index (χ1n) is 12.6. The minimum atomic E-state index is -0.664. The van der Waals surface area contributed by atoms with Crippen LogP contribution in [0.5, 0.6) is 5.75 Å². The van der Waals surface area contributed by atoms with E-state index in [1.165, 1.54) is 25.7 Å². The fourth-order valence-electron chi connectivity index (χ4n) is 4.74. The van der Waals surface area contributed by atoms with Crippen LogP contribution in [-0.2, 0) is 6.42 Å². The molecule has 0 radical (unpaired) electrons. The number of benzene rings is 1. The average Bonchev–Trinajstić information content (AvgIpc) is 3.55. The predicted octanol–water partition coefficient (Wildman–Crippen LogP) is 3.96. The Kier molecular flexibility index (Phi) is 8.49. The van der Waals surface area contributed by atoms with Gasteiger partial charge in [-0.05, 0) is 68.5 Å². The monoisotopic (exact) mass is 480 g/mol. The highest BCUT2D eigenvalue weighted by Crippen LogP contribution is 2.35. The summed E-state index contributed by atoms with van der Waals surface area (Å²) >= 11 is 0. The van der Waals surface area contributed by atoms with Crippen LogP contribution in [0.3, 0.4) is 0 Å². The smallest absolute Gasteiger partial charge is 0.258 e. The van der Waals surface area contributed by atoms with Crippen LogP contribution >= 0.6 is 0 Å². The van der Waals surface area contributed by atoms with Crippen LogP contribution < -0.4 is 10.1 Å². The Morgan fingerprint density at radius 1 is 1.11 bits per heavy atom. The summed E-state index contributed by atoms with van der Waals surface area (Å²) in [6.07, 6.45) is 5.01. The molecule has 188 valence electrons. The van der Waals surface area contributed by atoms with Gasteiger partial charge in [-0.15, -0.1) is 0 Å². The van der Waals surface area contributed by atoms with Crippen LogP contribution in [0.15, 0.2) is 28.8 Å². The summed E-state index contributed by atoms with van der Waals surface area (Å²) in [5.41, 5.74) is 5.83. The molecule has 0 saturated heterocycles. The Hall–Kier alpha value is -2.81. The number of nitrogens with zero attached hydrogens (tertiary/aromatic N) is 3. The maximum atomic E-state index is 10.1. The second kappa shape index (κ2) is 11.7. The molecule has 1 atom stereocenters. The number of nitrogens with one attached hydrogen (secondary N) is 1. The summed E-state index contributed by atoms with van der Waals surface area (Å²) in [5.74, 6) is 2.32. The standard InChI is InChI=1S/C27H36N4O4/c1-4-19-13-21(11-17(2)25(19)34-16-23(33)15-28-9-10-32)26-30-27(35-31-26)22-12-18(3)29-24(14-22)20-7-5-6-8-20/h11-14,20,23,28,32-33H,4-10,15-16H2,1-3H3/t23-/m0/s1. The van der Waals surface area contributed by atoms with Gasteiger partial charge in [-0.1, -0.05) is 24.9 Å². The van der Waals surface area contributed by atoms with E-state index < -0.39 is 6.10 Å². The molecule has 3 aromatic rings. The SMILES string of the molecule is CCc1cc(-c2noc(-c3cc(C)nc(C4CCCC4)c3)n2)cc(C)c1OC[C@@H](O)CNCCO. The number of aliphatic hydroxyl groups is 2. The van der Waals surface area contributed by atoms with Crippen LogP contribution in [0.25, 0.3) is 22.8 Å². The molecule has 0 bridgehead atoms. The first-order valence-corrected chi connectivity index (χ1v) is 12.6. The van der Waals surface area contributed by atoms with Gasteiger partial charge in [0, 0.05) is 41.5 Å². The summed E-state index contributed by atoms with van der Waals surface area (Å²) in [6, 6.07) is 8.10. The number of ether oxygens (including phenoxy) is 1. The Morgan fingerprint density at radius 3 is 2.66 bits per heavy atom. The lowest BCUT2D eigenvalue weighted by atomic mass is 10.0. The molecule has 1 fully saturated rings. The minimum Gasteiger partial charge on any atom is -0.490 e. The minimum absolute atomic E-state index is 0.0361. The second-order valence-corrected chi connectivity index (χ2v) is 9.35. The molecule has 2 aromatic heterocycles. The lowest BCUT2D eigenvalue weighted by Crippen LogP contribution is -2.33. The normalized spacial score (nSPS) is 15.0. The van der Waals surface area contributed by atoms with Crippen molar-refractivity contribution in [2.24, 2.45) is 0 Å². The van der Waals surface area contributed by atoms with Crippen LogP contribution in [-0.4, -0.2) is 57.7 Å². The van der Waals surface area contributed by atoms with E-state index in [1.807, 2.05) is 32.0 Å². The van der Waals surface area contributed by atoms with E-state index in [0.29, 0.717) is 30.7 Å². The van der Waals surface area contributed by atoms with Crippen molar-refractivity contribution in [1.29, 1.82) is 0 Å². The summed E-state index contributed by atoms with van der Waals surface area (Å²) in [4.78, 5) is 9.47. The van der Waals surface area contributed by atoms with Gasteiger partial charge in [0.05, 0.1) is 6.61 Å². The molecule has 1 aliphatic rings. The Morgan fingerprint density at radius 2 is 1.91 bits per heavy atom. The summed E-state index contributed by atoms with van der Waals surface area (Å²) < 4.78 is 11.6. The van der Waals surface area contributed by atoms with Crippen molar-refractivity contribution in [3.63, 3.8) is 0 Å². The third-order valence-corrected chi connectivity index (χ3v) is 6.50. The van der Waals surface area contributed by atoms with Gasteiger partial charge < -0.3 is 24.8 Å². The van der Waals surface area contributed by atoms with E-state index in [4.69, 9.17) is 24.3 Å². The molecule has 1 saturated carbocycles. The van der Waals surface area contributed by atoms with Crippen molar-refractivity contribution in [2.45, 2.75) is 64.9 Å². The van der Waals surface area contributed by atoms with Gasteiger partial charge in [0.25, 0.3) is 5.89 Å². The van der Waals surface area contributed by atoms with Crippen molar-refractivity contribution < 1.29 is 19.5 Å². The van der Waals surface area contributed by atoms with Gasteiger partial charge in [0.15, 0.2) is 0 Å². The lowest BCUT2D eigenvalue weighted by molar-refractivity contribution is 0.104. The quantitative estimate of drug-likeness (QED) is 0.354. The van der Waals surface area contributed by atoms with Crippen molar-refractivity contribution in [1.82, 2.24) is 20.4 Å². The van der Waals surface area contributed by atoms with Crippen LogP contribution in [0, 0.1) is 13.8 Å². The van der Waals surface area contributed by atoms with Gasteiger partial charge >= 0.3 is 0 Å². The highest BCUT2D eigenvalue weighted by molar-refractivity contribution is 5.64. The number of aryl methyl sites for hydroxylation is 3. The third-order valence-electron chi connectivity index (χ3n) is 6.50. The van der Waals surface area contributed by atoms with Gasteiger partial charge in [-0.2, -0.15) is 4.98 Å². The van der Waals surface area contributed by atoms with E-state index in [-0.39, 0.29) is 13.2 Å². The van der Waals surface area contributed by atoms with Crippen LogP contribution in [0.2, 0.25) is 0 Å². The highest BCUT2D eigenvalue weighted by atomic mass is 16.5. The molecule has 3 N–H and O–H groups in total. The highest BCUT2D eigenvalue weighted by Gasteiger charge is 2.21. The number of rotatable bonds is 11. The fourth-order valence-corrected chi connectivity index (χ4v) is 4.74. The number of hydrogen-bond acceptors (Lipinski definition) is 8. The number of hydrogen-bond donors (Lipinski definition) is 3. The first-order chi connectivity index (χ1) is 17.0. The fraction of sp³-hybridized carbons (Fsp3) is 0.519. The molecule has 0 spiro atoms. The van der Waals surface area contributed by atoms with Crippen LogP contribution in [0.1, 0.15) is 61.0 Å². The molecule has 1 aliphatic carbocycles. The van der Waals surface area contributed by atoms with E-state index in [2.05, 4.69) is 23.5 Å². The molecule has 0 amide bonds. The topological polar surface area (TPSA) is 114 Å². The largest absolute Gasteiger partial charge is 0.490 e. The molecular weight excluding hydrogens is 444 g/mol. The zero-order valence-electron chi connectivity index (χ0n) is 20.9. The first kappa shape index (κ1) is 25.3. The van der Waals surface area contributed by atoms with E-state index in [0.717, 1.165) is 45.8 Å². The zero-order chi connectivity index (χ0) is 24.8. The molecule has 35 heavy (non-hydrogen) atoms. The second-order valence-electron chi connectivity index (χ2n) is 9.35. The summed E-state index contributed by atoms with van der Waals surface area (Å²) in [5, 5.41) is 26.2. The van der Waals surface area contributed by atoms with Gasteiger partial charge in [-0.3, -0.25) is 4.98 Å². The number of pyridine rings is 1. The summed E-state index contributed by atoms with van der Waals surface area (Å²) in [7, 11) is 0.